The SMILES string of the molecule is CCOC(=O)CNc1cnc(Br)cc1C#N. The molecule has 16 heavy (non-hydrogen) atoms. The van der Waals surface area contributed by atoms with Crippen LogP contribution in [0.3, 0.4) is 0 Å². The molecule has 0 radical (unpaired) electrons. The second-order valence-corrected chi connectivity index (χ2v) is 3.64. The summed E-state index contributed by atoms with van der Waals surface area (Å²) in [4.78, 5) is 15.0. The fourth-order valence-electron chi connectivity index (χ4n) is 1.04. The number of nitriles is 1. The highest BCUT2D eigenvalue weighted by molar-refractivity contribution is 9.10. The van der Waals surface area contributed by atoms with Gasteiger partial charge in [-0.25, -0.2) is 4.98 Å². The van der Waals surface area contributed by atoms with Crippen molar-refractivity contribution in [2.45, 2.75) is 6.92 Å². The van der Waals surface area contributed by atoms with Gasteiger partial charge in [-0.1, -0.05) is 0 Å². The lowest BCUT2D eigenvalue weighted by Crippen LogP contribution is -2.17. The first-order chi connectivity index (χ1) is 7.67. The Kier molecular flexibility index (Phi) is 4.73. The van der Waals surface area contributed by atoms with Gasteiger partial charge in [-0.05, 0) is 28.9 Å². The van der Waals surface area contributed by atoms with E-state index in [1.807, 2.05) is 6.07 Å². The van der Waals surface area contributed by atoms with Gasteiger partial charge in [-0.3, -0.25) is 4.79 Å². The summed E-state index contributed by atoms with van der Waals surface area (Å²) in [6.45, 7) is 2.09. The van der Waals surface area contributed by atoms with Crippen LogP contribution in [0.5, 0.6) is 0 Å². The Labute approximate surface area is 102 Å². The average molecular weight is 284 g/mol. The molecule has 84 valence electrons. The average Bonchev–Trinajstić information content (AvgIpc) is 2.27. The largest absolute Gasteiger partial charge is 0.465 e. The van der Waals surface area contributed by atoms with Crippen molar-refractivity contribution in [3.05, 3.63) is 22.4 Å². The molecule has 0 saturated carbocycles. The van der Waals surface area contributed by atoms with E-state index in [-0.39, 0.29) is 12.5 Å². The molecule has 1 aromatic rings. The predicted molar refractivity (Wildman–Crippen MR) is 61.8 cm³/mol. The van der Waals surface area contributed by atoms with Crippen LogP contribution in [0, 0.1) is 11.3 Å². The number of nitrogens with one attached hydrogen (secondary N) is 1. The van der Waals surface area contributed by atoms with Gasteiger partial charge < -0.3 is 10.1 Å². The number of carbonyl (C=O) groups excluding carboxylic acids is 1. The Morgan fingerprint density at radius 3 is 3.12 bits per heavy atom. The van der Waals surface area contributed by atoms with E-state index in [0.29, 0.717) is 22.5 Å². The summed E-state index contributed by atoms with van der Waals surface area (Å²) in [5, 5.41) is 11.7. The zero-order chi connectivity index (χ0) is 12.0. The minimum absolute atomic E-state index is 0.0197. The van der Waals surface area contributed by atoms with Crippen molar-refractivity contribution in [3.8, 4) is 6.07 Å². The van der Waals surface area contributed by atoms with E-state index in [0.717, 1.165) is 0 Å². The number of esters is 1. The number of ether oxygens (including phenoxy) is 1. The Morgan fingerprint density at radius 1 is 1.75 bits per heavy atom. The number of hydrogen-bond donors (Lipinski definition) is 1. The first-order valence-electron chi connectivity index (χ1n) is 4.62. The first kappa shape index (κ1) is 12.5. The smallest absolute Gasteiger partial charge is 0.325 e. The van der Waals surface area contributed by atoms with E-state index in [2.05, 4.69) is 26.2 Å². The first-order valence-corrected chi connectivity index (χ1v) is 5.41. The van der Waals surface area contributed by atoms with Crippen molar-refractivity contribution in [2.75, 3.05) is 18.5 Å². The second-order valence-electron chi connectivity index (χ2n) is 2.82. The maximum Gasteiger partial charge on any atom is 0.325 e. The van der Waals surface area contributed by atoms with Gasteiger partial charge >= 0.3 is 5.97 Å². The topological polar surface area (TPSA) is 75.0 Å². The van der Waals surface area contributed by atoms with Crippen molar-refractivity contribution in [1.82, 2.24) is 4.98 Å². The number of hydrogen-bond acceptors (Lipinski definition) is 5. The minimum atomic E-state index is -0.366. The van der Waals surface area contributed by atoms with E-state index in [9.17, 15) is 4.79 Å². The summed E-state index contributed by atoms with van der Waals surface area (Å²) in [6, 6.07) is 3.58. The number of halogens is 1. The van der Waals surface area contributed by atoms with Gasteiger partial charge in [-0.15, -0.1) is 0 Å². The summed E-state index contributed by atoms with van der Waals surface area (Å²) < 4.78 is 5.32. The third kappa shape index (κ3) is 3.51. The standard InChI is InChI=1S/C10H10BrN3O2/c1-2-16-10(15)6-13-8-5-14-9(11)3-7(8)4-12/h3,5,13H,2,6H2,1H3. The molecule has 1 aromatic heterocycles. The van der Waals surface area contributed by atoms with Crippen molar-refractivity contribution < 1.29 is 9.53 Å². The van der Waals surface area contributed by atoms with E-state index < -0.39 is 0 Å². The van der Waals surface area contributed by atoms with Crippen LogP contribution in [-0.4, -0.2) is 24.1 Å². The van der Waals surface area contributed by atoms with Crippen molar-refractivity contribution in [2.24, 2.45) is 0 Å². The van der Waals surface area contributed by atoms with Crippen LogP contribution >= 0.6 is 15.9 Å². The molecule has 0 saturated heterocycles. The molecule has 6 heteroatoms. The number of anilines is 1. The summed E-state index contributed by atoms with van der Waals surface area (Å²) >= 11 is 3.16. The van der Waals surface area contributed by atoms with Gasteiger partial charge in [0.05, 0.1) is 24.1 Å². The lowest BCUT2D eigenvalue weighted by molar-refractivity contribution is -0.140. The Hall–Kier alpha value is -1.61. The van der Waals surface area contributed by atoms with Gasteiger partial charge in [0.25, 0.3) is 0 Å². The molecule has 0 aromatic carbocycles. The molecule has 0 spiro atoms. The predicted octanol–water partition coefficient (Wildman–Crippen LogP) is 1.69. The lowest BCUT2D eigenvalue weighted by atomic mass is 10.2. The third-order valence-electron chi connectivity index (χ3n) is 1.72. The molecule has 0 aliphatic heterocycles. The maximum absolute atomic E-state index is 11.1. The quantitative estimate of drug-likeness (QED) is 0.672. The molecule has 5 nitrogen and oxygen atoms in total. The van der Waals surface area contributed by atoms with Crippen molar-refractivity contribution >= 4 is 27.6 Å². The zero-order valence-electron chi connectivity index (χ0n) is 8.66. The molecular weight excluding hydrogens is 274 g/mol. The second kappa shape index (κ2) is 6.08. The Balaban J connectivity index is 2.67. The number of aromatic nitrogens is 1. The molecular formula is C10H10BrN3O2. The van der Waals surface area contributed by atoms with Crippen LogP contribution in [0.25, 0.3) is 0 Å². The van der Waals surface area contributed by atoms with Crippen LogP contribution in [0.2, 0.25) is 0 Å². The summed E-state index contributed by atoms with van der Waals surface area (Å²) in [6.07, 6.45) is 1.49. The van der Waals surface area contributed by atoms with Crippen LogP contribution < -0.4 is 5.32 Å². The third-order valence-corrected chi connectivity index (χ3v) is 2.15. The highest BCUT2D eigenvalue weighted by Gasteiger charge is 2.06. The molecule has 0 atom stereocenters. The molecule has 0 amide bonds. The monoisotopic (exact) mass is 283 g/mol. The number of rotatable bonds is 4. The molecule has 1 rings (SSSR count). The summed E-state index contributed by atoms with van der Waals surface area (Å²) in [5.41, 5.74) is 0.935. The summed E-state index contributed by atoms with van der Waals surface area (Å²) in [5.74, 6) is -0.366. The highest BCUT2D eigenvalue weighted by atomic mass is 79.9. The molecule has 0 aliphatic rings. The number of pyridine rings is 1. The zero-order valence-corrected chi connectivity index (χ0v) is 10.2. The fraction of sp³-hybridized carbons (Fsp3) is 0.300. The highest BCUT2D eigenvalue weighted by Crippen LogP contribution is 2.17. The van der Waals surface area contributed by atoms with E-state index >= 15 is 0 Å². The van der Waals surface area contributed by atoms with E-state index in [1.54, 1.807) is 13.0 Å². The fourth-order valence-corrected chi connectivity index (χ4v) is 1.37. The normalized spacial score (nSPS) is 9.31. The van der Waals surface area contributed by atoms with E-state index in [4.69, 9.17) is 10.00 Å². The lowest BCUT2D eigenvalue weighted by Gasteiger charge is -2.07. The van der Waals surface area contributed by atoms with Gasteiger partial charge in [0, 0.05) is 0 Å². The van der Waals surface area contributed by atoms with Gasteiger partial charge in [0.2, 0.25) is 0 Å². The van der Waals surface area contributed by atoms with Crippen LogP contribution in [-0.2, 0) is 9.53 Å². The van der Waals surface area contributed by atoms with Crippen molar-refractivity contribution in [1.29, 1.82) is 5.26 Å². The molecule has 1 N–H and O–H groups in total. The molecule has 0 bridgehead atoms. The molecule has 0 unspecified atom stereocenters. The van der Waals surface area contributed by atoms with E-state index in [1.165, 1.54) is 6.20 Å². The number of carbonyl (C=O) groups is 1. The summed E-state index contributed by atoms with van der Waals surface area (Å²) in [7, 11) is 0. The van der Waals surface area contributed by atoms with Gasteiger partial charge in [-0.2, -0.15) is 5.26 Å². The Morgan fingerprint density at radius 2 is 2.50 bits per heavy atom. The minimum Gasteiger partial charge on any atom is -0.465 e. The van der Waals surface area contributed by atoms with Gasteiger partial charge in [0.15, 0.2) is 0 Å². The van der Waals surface area contributed by atoms with Gasteiger partial charge in [0.1, 0.15) is 17.2 Å². The molecule has 1 heterocycles. The van der Waals surface area contributed by atoms with Crippen LogP contribution in [0.4, 0.5) is 5.69 Å². The maximum atomic E-state index is 11.1. The molecule has 0 aliphatic carbocycles. The number of nitrogens with zero attached hydrogens (tertiary/aromatic N) is 2. The van der Waals surface area contributed by atoms with Crippen LogP contribution in [0.15, 0.2) is 16.9 Å². The Bertz CT molecular complexity index is 429. The van der Waals surface area contributed by atoms with Crippen LogP contribution in [0.1, 0.15) is 12.5 Å². The van der Waals surface area contributed by atoms with Crippen molar-refractivity contribution in [3.63, 3.8) is 0 Å². The molecule has 0 fully saturated rings.